The summed E-state index contributed by atoms with van der Waals surface area (Å²) in [6, 6.07) is 10.0. The third-order valence-electron chi connectivity index (χ3n) is 5.74. The summed E-state index contributed by atoms with van der Waals surface area (Å²) >= 11 is 0. The van der Waals surface area contributed by atoms with Gasteiger partial charge in [0.15, 0.2) is 0 Å². The first-order chi connectivity index (χ1) is 11.7. The van der Waals surface area contributed by atoms with Crippen LogP contribution in [0.1, 0.15) is 38.3 Å². The van der Waals surface area contributed by atoms with Crippen LogP contribution in [0.4, 0.5) is 0 Å². The van der Waals surface area contributed by atoms with E-state index in [1.165, 1.54) is 25.7 Å². The number of nitrogens with zero attached hydrogens (tertiary/aromatic N) is 1. The monoisotopic (exact) mass is 324 g/mol. The Morgan fingerprint density at radius 2 is 2.12 bits per heavy atom. The van der Waals surface area contributed by atoms with Crippen molar-refractivity contribution in [3.05, 3.63) is 42.3 Å². The van der Waals surface area contributed by atoms with Gasteiger partial charge in [-0.15, -0.1) is 0 Å². The number of aromatic nitrogens is 1. The fourth-order valence-electron chi connectivity index (χ4n) is 4.58. The number of nitrogens with one attached hydrogen (secondary N) is 1. The van der Waals surface area contributed by atoms with E-state index in [0.29, 0.717) is 17.5 Å². The smallest absolute Gasteiger partial charge is 0.226 e. The lowest BCUT2D eigenvalue weighted by atomic mass is 9.84. The predicted octanol–water partition coefficient (Wildman–Crippen LogP) is 3.83. The zero-order chi connectivity index (χ0) is 16.5. The van der Waals surface area contributed by atoms with Gasteiger partial charge in [0.05, 0.1) is 12.1 Å². The molecular formula is C20H24N2O2. The molecular weight excluding hydrogens is 300 g/mol. The third-order valence-corrected chi connectivity index (χ3v) is 5.74. The maximum Gasteiger partial charge on any atom is 0.226 e. The summed E-state index contributed by atoms with van der Waals surface area (Å²) in [4.78, 5) is 16.8. The van der Waals surface area contributed by atoms with Crippen molar-refractivity contribution in [1.82, 2.24) is 10.3 Å². The molecule has 1 aromatic carbocycles. The van der Waals surface area contributed by atoms with Crippen molar-refractivity contribution in [1.29, 1.82) is 0 Å². The minimum atomic E-state index is 0.0400. The number of fused-ring (bicyclic) bond motifs is 2. The van der Waals surface area contributed by atoms with Crippen LogP contribution in [0, 0.1) is 17.8 Å². The minimum Gasteiger partial charge on any atom is -0.444 e. The molecule has 4 rings (SSSR count). The van der Waals surface area contributed by atoms with E-state index in [2.05, 4.69) is 17.2 Å². The Labute approximate surface area is 142 Å². The van der Waals surface area contributed by atoms with Gasteiger partial charge >= 0.3 is 0 Å². The molecule has 0 unspecified atom stereocenters. The van der Waals surface area contributed by atoms with Gasteiger partial charge in [-0.1, -0.05) is 24.6 Å². The largest absolute Gasteiger partial charge is 0.444 e. The normalized spacial score (nSPS) is 26.5. The molecule has 24 heavy (non-hydrogen) atoms. The number of carbonyl (C=O) groups is 1. The van der Waals surface area contributed by atoms with E-state index in [-0.39, 0.29) is 18.4 Å². The average Bonchev–Trinajstić information content (AvgIpc) is 3.32. The van der Waals surface area contributed by atoms with Crippen molar-refractivity contribution < 1.29 is 9.21 Å². The van der Waals surface area contributed by atoms with E-state index in [1.807, 2.05) is 30.3 Å². The Morgan fingerprint density at radius 3 is 2.83 bits per heavy atom. The van der Waals surface area contributed by atoms with E-state index in [4.69, 9.17) is 4.42 Å². The fourth-order valence-corrected chi connectivity index (χ4v) is 4.58. The van der Waals surface area contributed by atoms with Crippen LogP contribution in [0.5, 0.6) is 0 Å². The molecule has 0 radical (unpaired) electrons. The molecule has 2 fully saturated rings. The molecule has 2 aliphatic carbocycles. The van der Waals surface area contributed by atoms with Gasteiger partial charge < -0.3 is 9.73 Å². The Kier molecular flexibility index (Phi) is 4.13. The van der Waals surface area contributed by atoms with E-state index in [1.54, 1.807) is 6.26 Å². The average molecular weight is 324 g/mol. The fraction of sp³-hybridized carbons (Fsp3) is 0.500. The van der Waals surface area contributed by atoms with Crippen LogP contribution < -0.4 is 5.32 Å². The summed E-state index contributed by atoms with van der Waals surface area (Å²) < 4.78 is 5.51. The van der Waals surface area contributed by atoms with Crippen LogP contribution in [0.2, 0.25) is 0 Å². The molecule has 126 valence electrons. The van der Waals surface area contributed by atoms with Crippen molar-refractivity contribution in [3.8, 4) is 11.5 Å². The SMILES string of the molecule is C[C@@H](NC(=O)Cc1coc(-c2ccccc2)n1)[C@H]1C[C@H]2CC[C@H]1C2. The highest BCUT2D eigenvalue weighted by atomic mass is 16.3. The van der Waals surface area contributed by atoms with Gasteiger partial charge in [0.2, 0.25) is 11.8 Å². The van der Waals surface area contributed by atoms with E-state index in [9.17, 15) is 4.79 Å². The molecule has 4 nitrogen and oxygen atoms in total. The lowest BCUT2D eigenvalue weighted by molar-refractivity contribution is -0.121. The van der Waals surface area contributed by atoms with Gasteiger partial charge in [-0.25, -0.2) is 4.98 Å². The van der Waals surface area contributed by atoms with Gasteiger partial charge in [0, 0.05) is 11.6 Å². The molecule has 2 aromatic rings. The van der Waals surface area contributed by atoms with Crippen LogP contribution in [0.25, 0.3) is 11.5 Å². The number of hydrogen-bond acceptors (Lipinski definition) is 3. The first-order valence-corrected chi connectivity index (χ1v) is 8.98. The minimum absolute atomic E-state index is 0.0400. The summed E-state index contributed by atoms with van der Waals surface area (Å²) in [5.74, 6) is 2.99. The molecule has 0 aliphatic heterocycles. The van der Waals surface area contributed by atoms with E-state index >= 15 is 0 Å². The topological polar surface area (TPSA) is 55.1 Å². The highest BCUT2D eigenvalue weighted by molar-refractivity contribution is 5.78. The molecule has 2 bridgehead atoms. The first kappa shape index (κ1) is 15.4. The summed E-state index contributed by atoms with van der Waals surface area (Å²) in [5.41, 5.74) is 1.62. The number of oxazole rings is 1. The molecule has 4 heteroatoms. The molecule has 1 heterocycles. The molecule has 4 atom stereocenters. The molecule has 0 spiro atoms. The van der Waals surface area contributed by atoms with Crippen molar-refractivity contribution in [3.63, 3.8) is 0 Å². The van der Waals surface area contributed by atoms with Gasteiger partial charge in [0.1, 0.15) is 6.26 Å². The zero-order valence-corrected chi connectivity index (χ0v) is 14.1. The molecule has 1 N–H and O–H groups in total. The first-order valence-electron chi connectivity index (χ1n) is 8.98. The second kappa shape index (κ2) is 6.42. The molecule has 0 saturated heterocycles. The second-order valence-corrected chi connectivity index (χ2v) is 7.38. The summed E-state index contributed by atoms with van der Waals surface area (Å²) in [6.45, 7) is 2.15. The lowest BCUT2D eigenvalue weighted by Crippen LogP contribution is -2.40. The quantitative estimate of drug-likeness (QED) is 0.909. The van der Waals surface area contributed by atoms with Gasteiger partial charge in [-0.2, -0.15) is 0 Å². The number of benzene rings is 1. The van der Waals surface area contributed by atoms with E-state index in [0.717, 1.165) is 17.4 Å². The van der Waals surface area contributed by atoms with Crippen molar-refractivity contribution in [2.45, 2.75) is 45.1 Å². The molecule has 1 aromatic heterocycles. The van der Waals surface area contributed by atoms with Crippen molar-refractivity contribution in [2.24, 2.45) is 17.8 Å². The third kappa shape index (κ3) is 3.10. The van der Waals surface area contributed by atoms with Crippen LogP contribution in [-0.2, 0) is 11.2 Å². The number of rotatable bonds is 5. The summed E-state index contributed by atoms with van der Waals surface area (Å²) in [6.07, 6.45) is 7.26. The number of carbonyl (C=O) groups excluding carboxylic acids is 1. The van der Waals surface area contributed by atoms with Crippen LogP contribution in [0.3, 0.4) is 0 Å². The Morgan fingerprint density at radius 1 is 1.29 bits per heavy atom. The number of hydrogen-bond donors (Lipinski definition) is 1. The lowest BCUT2D eigenvalue weighted by Gasteiger charge is -2.28. The van der Waals surface area contributed by atoms with Crippen molar-refractivity contribution in [2.75, 3.05) is 0 Å². The highest BCUT2D eigenvalue weighted by Gasteiger charge is 2.42. The van der Waals surface area contributed by atoms with Gasteiger partial charge in [0.25, 0.3) is 0 Å². The predicted molar refractivity (Wildman–Crippen MR) is 92.2 cm³/mol. The number of amides is 1. The highest BCUT2D eigenvalue weighted by Crippen LogP contribution is 2.49. The Balaban J connectivity index is 1.34. The maximum atomic E-state index is 12.3. The molecule has 2 saturated carbocycles. The molecule has 1 amide bonds. The standard InChI is InChI=1S/C20H24N2O2/c1-13(18-10-14-7-8-16(18)9-14)21-19(23)11-17-12-24-20(22-17)15-5-3-2-4-6-15/h2-6,12-14,16,18H,7-11H2,1H3,(H,21,23)/t13-,14+,16+,18-/m1/s1. The molecule has 2 aliphatic rings. The van der Waals surface area contributed by atoms with E-state index < -0.39 is 0 Å². The zero-order valence-electron chi connectivity index (χ0n) is 14.1. The second-order valence-electron chi connectivity index (χ2n) is 7.38. The van der Waals surface area contributed by atoms with Gasteiger partial charge in [-0.05, 0) is 56.1 Å². The Bertz CT molecular complexity index is 709. The van der Waals surface area contributed by atoms with Crippen LogP contribution in [-0.4, -0.2) is 16.9 Å². The Hall–Kier alpha value is -2.10. The summed E-state index contributed by atoms with van der Waals surface area (Å²) in [5, 5.41) is 3.18. The van der Waals surface area contributed by atoms with Crippen LogP contribution in [0.15, 0.2) is 41.0 Å². The van der Waals surface area contributed by atoms with Crippen LogP contribution >= 0.6 is 0 Å². The van der Waals surface area contributed by atoms with Gasteiger partial charge in [-0.3, -0.25) is 4.79 Å². The summed E-state index contributed by atoms with van der Waals surface area (Å²) in [7, 11) is 0. The maximum absolute atomic E-state index is 12.3. The van der Waals surface area contributed by atoms with Crippen molar-refractivity contribution >= 4 is 5.91 Å².